The molecule has 0 saturated carbocycles. The molecule has 0 fully saturated rings. The molecule has 0 saturated heterocycles. The standard InChI is InChI=1S/C19H19N5O/c1-12-5-4-6-13(11-12)17-16(18(20)24(23-17)9-10-25)19-21-14-7-2-3-8-15(14)22-19/h2-8,11,25H,9-10,20H2,1H3,(H,21,22). The smallest absolute Gasteiger partial charge is 0.144 e. The van der Waals surface area contributed by atoms with Crippen molar-refractivity contribution in [3.63, 3.8) is 0 Å². The summed E-state index contributed by atoms with van der Waals surface area (Å²) in [6, 6.07) is 16.0. The van der Waals surface area contributed by atoms with Crippen molar-refractivity contribution >= 4 is 16.9 Å². The van der Waals surface area contributed by atoms with Crippen LogP contribution in [-0.2, 0) is 6.54 Å². The zero-order valence-corrected chi connectivity index (χ0v) is 13.9. The van der Waals surface area contributed by atoms with E-state index in [0.717, 1.165) is 33.4 Å². The van der Waals surface area contributed by atoms with Gasteiger partial charge >= 0.3 is 0 Å². The first kappa shape index (κ1) is 15.4. The molecule has 0 unspecified atom stereocenters. The third kappa shape index (κ3) is 2.66. The molecule has 2 heterocycles. The molecule has 0 amide bonds. The number of hydrogen-bond acceptors (Lipinski definition) is 4. The van der Waals surface area contributed by atoms with Crippen molar-refractivity contribution in [3.8, 4) is 22.6 Å². The van der Waals surface area contributed by atoms with Gasteiger partial charge in [0.25, 0.3) is 0 Å². The number of nitrogens with two attached hydrogens (primary N) is 1. The molecule has 4 aromatic rings. The molecule has 2 aromatic carbocycles. The van der Waals surface area contributed by atoms with E-state index in [9.17, 15) is 5.11 Å². The van der Waals surface area contributed by atoms with E-state index in [-0.39, 0.29) is 6.61 Å². The lowest BCUT2D eigenvalue weighted by Crippen LogP contribution is -2.07. The quantitative estimate of drug-likeness (QED) is 0.535. The fraction of sp³-hybridized carbons (Fsp3) is 0.158. The normalized spacial score (nSPS) is 11.3. The van der Waals surface area contributed by atoms with Gasteiger partial charge in [0.1, 0.15) is 17.3 Å². The lowest BCUT2D eigenvalue weighted by Gasteiger charge is -2.02. The second-order valence-electron chi connectivity index (χ2n) is 6.03. The molecule has 0 atom stereocenters. The van der Waals surface area contributed by atoms with Crippen LogP contribution in [0.4, 0.5) is 5.82 Å². The Bertz CT molecular complexity index is 1010. The third-order valence-electron chi connectivity index (χ3n) is 4.22. The maximum atomic E-state index is 9.30. The van der Waals surface area contributed by atoms with Gasteiger partial charge in [0.15, 0.2) is 0 Å². The fourth-order valence-electron chi connectivity index (χ4n) is 3.04. The summed E-state index contributed by atoms with van der Waals surface area (Å²) in [5.74, 6) is 1.17. The molecule has 6 heteroatoms. The molecule has 0 spiro atoms. The Kier molecular flexibility index (Phi) is 3.74. The number of benzene rings is 2. The molecule has 4 N–H and O–H groups in total. The Morgan fingerprint density at radius 3 is 2.76 bits per heavy atom. The van der Waals surface area contributed by atoms with Crippen LogP contribution >= 0.6 is 0 Å². The molecule has 6 nitrogen and oxygen atoms in total. The van der Waals surface area contributed by atoms with Crippen molar-refractivity contribution in [1.29, 1.82) is 0 Å². The first-order valence-corrected chi connectivity index (χ1v) is 8.16. The van der Waals surface area contributed by atoms with Gasteiger partial charge in [-0.2, -0.15) is 5.10 Å². The average molecular weight is 333 g/mol. The number of nitrogen functional groups attached to an aromatic ring is 1. The highest BCUT2D eigenvalue weighted by Gasteiger charge is 2.21. The molecule has 4 rings (SSSR count). The van der Waals surface area contributed by atoms with E-state index in [1.54, 1.807) is 4.68 Å². The zero-order chi connectivity index (χ0) is 17.4. The van der Waals surface area contributed by atoms with Gasteiger partial charge in [-0.15, -0.1) is 0 Å². The number of rotatable bonds is 4. The first-order chi connectivity index (χ1) is 12.2. The van der Waals surface area contributed by atoms with Crippen LogP contribution in [0.2, 0.25) is 0 Å². The largest absolute Gasteiger partial charge is 0.394 e. The van der Waals surface area contributed by atoms with Crippen LogP contribution in [0, 0.1) is 6.92 Å². The molecule has 0 radical (unpaired) electrons. The maximum Gasteiger partial charge on any atom is 0.144 e. The molecule has 0 aliphatic carbocycles. The summed E-state index contributed by atoms with van der Waals surface area (Å²) < 4.78 is 1.63. The zero-order valence-electron chi connectivity index (χ0n) is 13.9. The number of aromatic amines is 1. The lowest BCUT2D eigenvalue weighted by atomic mass is 10.0. The van der Waals surface area contributed by atoms with Crippen molar-refractivity contribution in [2.45, 2.75) is 13.5 Å². The van der Waals surface area contributed by atoms with Gasteiger partial charge in [-0.3, -0.25) is 0 Å². The Morgan fingerprint density at radius 2 is 2.00 bits per heavy atom. The maximum absolute atomic E-state index is 9.30. The van der Waals surface area contributed by atoms with Gasteiger partial charge < -0.3 is 15.8 Å². The van der Waals surface area contributed by atoms with Crippen LogP contribution in [0.1, 0.15) is 5.56 Å². The number of aliphatic hydroxyl groups is 1. The molecule has 0 aliphatic heterocycles. The summed E-state index contributed by atoms with van der Waals surface area (Å²) in [5.41, 5.74) is 11.8. The van der Waals surface area contributed by atoms with Crippen LogP contribution in [0.3, 0.4) is 0 Å². The Morgan fingerprint density at radius 1 is 1.16 bits per heavy atom. The Labute approximate surface area is 144 Å². The third-order valence-corrected chi connectivity index (χ3v) is 4.22. The molecule has 0 aliphatic rings. The Balaban J connectivity index is 1.96. The van der Waals surface area contributed by atoms with Crippen molar-refractivity contribution in [1.82, 2.24) is 19.7 Å². The summed E-state index contributed by atoms with van der Waals surface area (Å²) >= 11 is 0. The highest BCUT2D eigenvalue weighted by Crippen LogP contribution is 2.35. The second-order valence-corrected chi connectivity index (χ2v) is 6.03. The number of anilines is 1. The molecular formula is C19H19N5O. The van der Waals surface area contributed by atoms with Crippen LogP contribution < -0.4 is 5.73 Å². The second kappa shape index (κ2) is 6.07. The number of hydrogen-bond donors (Lipinski definition) is 3. The van der Waals surface area contributed by atoms with Gasteiger partial charge in [0.05, 0.1) is 29.7 Å². The molecule has 126 valence electrons. The number of imidazole rings is 1. The Hall–Kier alpha value is -3.12. The van der Waals surface area contributed by atoms with Gasteiger partial charge in [-0.05, 0) is 25.1 Å². The van der Waals surface area contributed by atoms with Crippen LogP contribution in [-0.4, -0.2) is 31.5 Å². The van der Waals surface area contributed by atoms with E-state index in [4.69, 9.17) is 5.73 Å². The number of aliphatic hydroxyl groups excluding tert-OH is 1. The molecular weight excluding hydrogens is 314 g/mol. The SMILES string of the molecule is Cc1cccc(-c2nn(CCO)c(N)c2-c2nc3ccccc3[nH]2)c1. The predicted octanol–water partition coefficient (Wildman–Crippen LogP) is 2.98. The first-order valence-electron chi connectivity index (χ1n) is 8.16. The van der Waals surface area contributed by atoms with E-state index in [1.165, 1.54) is 0 Å². The number of fused-ring (bicyclic) bond motifs is 1. The van der Waals surface area contributed by atoms with Crippen LogP contribution in [0.25, 0.3) is 33.7 Å². The molecule has 25 heavy (non-hydrogen) atoms. The fourth-order valence-corrected chi connectivity index (χ4v) is 3.04. The van der Waals surface area contributed by atoms with Crippen molar-refractivity contribution in [2.75, 3.05) is 12.3 Å². The number of para-hydroxylation sites is 2. The van der Waals surface area contributed by atoms with Crippen molar-refractivity contribution < 1.29 is 5.11 Å². The summed E-state index contributed by atoms with van der Waals surface area (Å²) in [6.07, 6.45) is 0. The summed E-state index contributed by atoms with van der Waals surface area (Å²) in [5, 5.41) is 13.9. The predicted molar refractivity (Wildman–Crippen MR) is 99.0 cm³/mol. The number of aromatic nitrogens is 4. The number of nitrogens with one attached hydrogen (secondary N) is 1. The summed E-state index contributed by atoms with van der Waals surface area (Å²) in [6.45, 7) is 2.35. The van der Waals surface area contributed by atoms with Gasteiger partial charge in [-0.25, -0.2) is 9.67 Å². The molecule has 0 bridgehead atoms. The molecule has 2 aromatic heterocycles. The van der Waals surface area contributed by atoms with E-state index < -0.39 is 0 Å². The van der Waals surface area contributed by atoms with Crippen LogP contribution in [0.15, 0.2) is 48.5 Å². The van der Waals surface area contributed by atoms with E-state index in [2.05, 4.69) is 21.1 Å². The minimum Gasteiger partial charge on any atom is -0.394 e. The topological polar surface area (TPSA) is 92.8 Å². The van der Waals surface area contributed by atoms with Crippen LogP contribution in [0.5, 0.6) is 0 Å². The highest BCUT2D eigenvalue weighted by atomic mass is 16.3. The lowest BCUT2D eigenvalue weighted by molar-refractivity contribution is 0.270. The van der Waals surface area contributed by atoms with Gasteiger partial charge in [0.2, 0.25) is 0 Å². The number of aryl methyl sites for hydroxylation is 1. The van der Waals surface area contributed by atoms with E-state index in [0.29, 0.717) is 18.2 Å². The minimum atomic E-state index is -0.0291. The van der Waals surface area contributed by atoms with Gasteiger partial charge in [0, 0.05) is 5.56 Å². The van der Waals surface area contributed by atoms with Gasteiger partial charge in [-0.1, -0.05) is 35.9 Å². The van der Waals surface area contributed by atoms with E-state index >= 15 is 0 Å². The minimum absolute atomic E-state index is 0.0291. The summed E-state index contributed by atoms with van der Waals surface area (Å²) in [7, 11) is 0. The number of nitrogens with zero attached hydrogens (tertiary/aromatic N) is 3. The summed E-state index contributed by atoms with van der Waals surface area (Å²) in [4.78, 5) is 8.00. The number of H-pyrrole nitrogens is 1. The van der Waals surface area contributed by atoms with Crippen molar-refractivity contribution in [3.05, 3.63) is 54.1 Å². The van der Waals surface area contributed by atoms with Crippen molar-refractivity contribution in [2.24, 2.45) is 0 Å². The monoisotopic (exact) mass is 333 g/mol. The highest BCUT2D eigenvalue weighted by molar-refractivity contribution is 5.89. The average Bonchev–Trinajstić information content (AvgIpc) is 3.16. The van der Waals surface area contributed by atoms with E-state index in [1.807, 2.05) is 49.4 Å².